The molecule has 0 aromatic heterocycles. The van der Waals surface area contributed by atoms with Crippen molar-refractivity contribution < 1.29 is 4.79 Å². The van der Waals surface area contributed by atoms with E-state index >= 15 is 0 Å². The Morgan fingerprint density at radius 2 is 2.46 bits per heavy atom. The highest BCUT2D eigenvalue weighted by atomic mass is 16.1. The van der Waals surface area contributed by atoms with Gasteiger partial charge in [-0.2, -0.15) is 5.26 Å². The van der Waals surface area contributed by atoms with Crippen LogP contribution in [0.4, 0.5) is 0 Å². The minimum atomic E-state index is -0.415. The molecule has 0 saturated carbocycles. The zero-order chi connectivity index (χ0) is 9.90. The largest absolute Gasteiger partial charge is 0.327 e. The maximum absolute atomic E-state index is 10.7. The summed E-state index contributed by atoms with van der Waals surface area (Å²) in [5, 5.41) is 11.5. The van der Waals surface area contributed by atoms with E-state index in [1.165, 1.54) is 6.92 Å². The van der Waals surface area contributed by atoms with E-state index < -0.39 is 5.41 Å². The Balaban J connectivity index is 2.66. The van der Waals surface area contributed by atoms with Gasteiger partial charge in [-0.25, -0.2) is 0 Å². The van der Waals surface area contributed by atoms with Gasteiger partial charge in [0.15, 0.2) is 0 Å². The van der Waals surface area contributed by atoms with E-state index in [1.807, 2.05) is 19.1 Å². The summed E-state index contributed by atoms with van der Waals surface area (Å²) in [7, 11) is 0. The number of hydrogen-bond donors (Lipinski definition) is 1. The van der Waals surface area contributed by atoms with Crippen molar-refractivity contribution in [2.75, 3.05) is 0 Å². The van der Waals surface area contributed by atoms with Gasteiger partial charge < -0.3 is 5.32 Å². The highest BCUT2D eigenvalue weighted by Gasteiger charge is 2.21. The van der Waals surface area contributed by atoms with Crippen LogP contribution in [0.5, 0.6) is 0 Å². The number of rotatable bonds is 1. The van der Waals surface area contributed by atoms with Crippen LogP contribution in [-0.4, -0.2) is 5.91 Å². The molecule has 0 aliphatic heterocycles. The summed E-state index contributed by atoms with van der Waals surface area (Å²) in [6.45, 7) is 3.33. The third-order valence-electron chi connectivity index (χ3n) is 1.95. The van der Waals surface area contributed by atoms with E-state index in [1.54, 1.807) is 6.08 Å². The predicted molar refractivity (Wildman–Crippen MR) is 49.4 cm³/mol. The molecule has 0 radical (unpaired) electrons. The molecule has 1 aliphatic rings. The Labute approximate surface area is 77.7 Å². The number of carbonyl (C=O) groups excluding carboxylic acids is 1. The van der Waals surface area contributed by atoms with Crippen LogP contribution in [0.15, 0.2) is 23.9 Å². The molecule has 1 aliphatic carbocycles. The Bertz CT molecular complexity index is 322. The van der Waals surface area contributed by atoms with Crippen LogP contribution in [-0.2, 0) is 4.79 Å². The van der Waals surface area contributed by atoms with Crippen LogP contribution in [0.1, 0.15) is 20.3 Å². The number of amides is 1. The van der Waals surface area contributed by atoms with E-state index in [2.05, 4.69) is 11.4 Å². The lowest BCUT2D eigenvalue weighted by Gasteiger charge is -2.19. The van der Waals surface area contributed by atoms with Crippen LogP contribution in [0.25, 0.3) is 0 Å². The molecule has 0 bridgehead atoms. The van der Waals surface area contributed by atoms with Gasteiger partial charge in [0.25, 0.3) is 0 Å². The van der Waals surface area contributed by atoms with Crippen LogP contribution in [0.3, 0.4) is 0 Å². The Morgan fingerprint density at radius 3 is 2.85 bits per heavy atom. The Morgan fingerprint density at radius 1 is 1.77 bits per heavy atom. The fourth-order valence-electron chi connectivity index (χ4n) is 1.11. The minimum absolute atomic E-state index is 0.0866. The summed E-state index contributed by atoms with van der Waals surface area (Å²) in [5.74, 6) is -0.0866. The van der Waals surface area contributed by atoms with E-state index in [0.29, 0.717) is 6.42 Å². The quantitative estimate of drug-likeness (QED) is 0.658. The van der Waals surface area contributed by atoms with Crippen molar-refractivity contribution in [1.82, 2.24) is 5.32 Å². The molecule has 0 spiro atoms. The number of carbonyl (C=O) groups is 1. The monoisotopic (exact) mass is 176 g/mol. The second kappa shape index (κ2) is 3.44. The summed E-state index contributed by atoms with van der Waals surface area (Å²) < 4.78 is 0. The third kappa shape index (κ3) is 2.45. The summed E-state index contributed by atoms with van der Waals surface area (Å²) in [6, 6.07) is 2.21. The van der Waals surface area contributed by atoms with Crippen molar-refractivity contribution in [2.24, 2.45) is 5.41 Å². The average Bonchev–Trinajstić information content (AvgIpc) is 2.09. The highest BCUT2D eigenvalue weighted by Crippen LogP contribution is 2.27. The molecule has 0 fully saturated rings. The lowest BCUT2D eigenvalue weighted by atomic mass is 9.85. The zero-order valence-corrected chi connectivity index (χ0v) is 7.79. The van der Waals surface area contributed by atoms with Crippen molar-refractivity contribution in [1.29, 1.82) is 5.26 Å². The molecule has 13 heavy (non-hydrogen) atoms. The van der Waals surface area contributed by atoms with Gasteiger partial charge >= 0.3 is 0 Å². The summed E-state index contributed by atoms with van der Waals surface area (Å²) in [4.78, 5) is 10.7. The highest BCUT2D eigenvalue weighted by molar-refractivity contribution is 5.75. The number of hydrogen-bond acceptors (Lipinski definition) is 2. The molecule has 1 amide bonds. The van der Waals surface area contributed by atoms with Gasteiger partial charge in [0.2, 0.25) is 5.91 Å². The topological polar surface area (TPSA) is 52.9 Å². The number of nitriles is 1. The maximum atomic E-state index is 10.7. The molecule has 1 unspecified atom stereocenters. The van der Waals surface area contributed by atoms with Crippen LogP contribution in [0.2, 0.25) is 0 Å². The van der Waals surface area contributed by atoms with Crippen LogP contribution < -0.4 is 5.32 Å². The molecular formula is C10H12N2O. The standard InChI is InChI=1S/C10H12N2O/c1-8(13)12-9-3-5-10(2,7-11)6-4-9/h3-5H,6H2,1-2H3,(H,12,13). The summed E-state index contributed by atoms with van der Waals surface area (Å²) in [6.07, 6.45) is 6.10. The second-order valence-electron chi connectivity index (χ2n) is 3.41. The molecule has 1 N–H and O–H groups in total. The lowest BCUT2D eigenvalue weighted by Crippen LogP contribution is -2.21. The maximum Gasteiger partial charge on any atom is 0.221 e. The fourth-order valence-corrected chi connectivity index (χ4v) is 1.11. The molecule has 68 valence electrons. The number of nitrogens with zero attached hydrogens (tertiary/aromatic N) is 1. The first kappa shape index (κ1) is 9.53. The van der Waals surface area contributed by atoms with Crippen molar-refractivity contribution in [2.45, 2.75) is 20.3 Å². The number of allylic oxidation sites excluding steroid dienone is 3. The normalized spacial score (nSPS) is 26.1. The molecule has 1 atom stereocenters. The molecule has 0 saturated heterocycles. The van der Waals surface area contributed by atoms with Crippen molar-refractivity contribution in [3.63, 3.8) is 0 Å². The minimum Gasteiger partial charge on any atom is -0.327 e. The molecule has 0 aromatic carbocycles. The first-order valence-corrected chi connectivity index (χ1v) is 4.14. The average molecular weight is 176 g/mol. The fraction of sp³-hybridized carbons (Fsp3) is 0.400. The Kier molecular flexibility index (Phi) is 2.52. The van der Waals surface area contributed by atoms with Gasteiger partial charge in [0.05, 0.1) is 11.5 Å². The van der Waals surface area contributed by atoms with Crippen molar-refractivity contribution in [3.05, 3.63) is 23.9 Å². The van der Waals surface area contributed by atoms with E-state index in [4.69, 9.17) is 5.26 Å². The van der Waals surface area contributed by atoms with Gasteiger partial charge in [-0.05, 0) is 19.4 Å². The lowest BCUT2D eigenvalue weighted by molar-refractivity contribution is -0.118. The van der Waals surface area contributed by atoms with E-state index in [-0.39, 0.29) is 5.91 Å². The molecular weight excluding hydrogens is 164 g/mol. The van der Waals surface area contributed by atoms with Gasteiger partial charge in [0, 0.05) is 12.6 Å². The first-order valence-electron chi connectivity index (χ1n) is 4.14. The van der Waals surface area contributed by atoms with Crippen LogP contribution in [0, 0.1) is 16.7 Å². The summed E-state index contributed by atoms with van der Waals surface area (Å²) in [5.41, 5.74) is 0.363. The Hall–Kier alpha value is -1.56. The molecule has 0 heterocycles. The van der Waals surface area contributed by atoms with Gasteiger partial charge in [0.1, 0.15) is 0 Å². The zero-order valence-electron chi connectivity index (χ0n) is 7.79. The second-order valence-corrected chi connectivity index (χ2v) is 3.41. The van der Waals surface area contributed by atoms with Gasteiger partial charge in [-0.1, -0.05) is 12.2 Å². The van der Waals surface area contributed by atoms with Crippen molar-refractivity contribution >= 4 is 5.91 Å². The van der Waals surface area contributed by atoms with Gasteiger partial charge in [-0.15, -0.1) is 0 Å². The molecule has 3 heteroatoms. The van der Waals surface area contributed by atoms with Crippen LogP contribution >= 0.6 is 0 Å². The smallest absolute Gasteiger partial charge is 0.221 e. The summed E-state index contributed by atoms with van der Waals surface area (Å²) >= 11 is 0. The third-order valence-corrected chi connectivity index (χ3v) is 1.95. The molecule has 0 aromatic rings. The van der Waals surface area contributed by atoms with Gasteiger partial charge in [-0.3, -0.25) is 4.79 Å². The molecule has 3 nitrogen and oxygen atoms in total. The predicted octanol–water partition coefficient (Wildman–Crippen LogP) is 1.50. The van der Waals surface area contributed by atoms with Crippen molar-refractivity contribution in [3.8, 4) is 6.07 Å². The molecule has 1 rings (SSSR count). The van der Waals surface area contributed by atoms with E-state index in [9.17, 15) is 4.79 Å². The number of nitrogens with one attached hydrogen (secondary N) is 1. The van der Waals surface area contributed by atoms with E-state index in [0.717, 1.165) is 5.70 Å². The first-order chi connectivity index (χ1) is 6.06. The SMILES string of the molecule is CC(=O)NC1=CCC(C)(C#N)C=C1.